The van der Waals surface area contributed by atoms with Gasteiger partial charge in [-0.2, -0.15) is 0 Å². The first-order valence-corrected chi connectivity index (χ1v) is 10.2. The number of H-pyrrole nitrogens is 1. The van der Waals surface area contributed by atoms with Crippen molar-refractivity contribution in [3.8, 4) is 0 Å². The number of rotatable bonds is 4. The first-order valence-electron chi connectivity index (χ1n) is 10.2. The van der Waals surface area contributed by atoms with E-state index in [1.54, 1.807) is 6.08 Å². The van der Waals surface area contributed by atoms with Gasteiger partial charge in [0.05, 0.1) is 36.4 Å². The van der Waals surface area contributed by atoms with Crippen LogP contribution < -0.4 is 10.4 Å². The number of fused-ring (bicyclic) bond motifs is 2. The quantitative estimate of drug-likeness (QED) is 0.433. The molecule has 32 heavy (non-hydrogen) atoms. The number of piperidine rings is 1. The van der Waals surface area contributed by atoms with Crippen molar-refractivity contribution in [2.24, 2.45) is 5.41 Å². The van der Waals surface area contributed by atoms with E-state index in [1.807, 2.05) is 38.1 Å². The minimum Gasteiger partial charge on any atom is -0.345 e. The molecule has 0 saturated carbocycles. The first-order chi connectivity index (χ1) is 15.2. The lowest BCUT2D eigenvalue weighted by Crippen LogP contribution is -2.78. The Morgan fingerprint density at radius 2 is 2.00 bits per heavy atom. The number of para-hydroxylation sites is 1. The molecule has 2 saturated heterocycles. The Kier molecular flexibility index (Phi) is 4.04. The average molecular weight is 433 g/mol. The zero-order chi connectivity index (χ0) is 22.9. The number of hydrogen-bond donors (Lipinski definition) is 2. The summed E-state index contributed by atoms with van der Waals surface area (Å²) in [6.07, 6.45) is 6.15. The van der Waals surface area contributed by atoms with E-state index >= 15 is 0 Å². The predicted molar refractivity (Wildman–Crippen MR) is 115 cm³/mol. The molecule has 2 aromatic rings. The van der Waals surface area contributed by atoms with Gasteiger partial charge in [0.25, 0.3) is 11.8 Å². The summed E-state index contributed by atoms with van der Waals surface area (Å²) in [5, 5.41) is 4.57. The van der Waals surface area contributed by atoms with Gasteiger partial charge in [0.1, 0.15) is 5.70 Å². The molecule has 164 valence electrons. The SMILES string of the molecule is C=CC(C)(C)[C@@]12CC(=O)C(=O)N3C(=Cc4cnc[nH]4)C(=O)N[C@]31N(OC)c1ccccc12. The zero-order valence-electron chi connectivity index (χ0n) is 18.0. The van der Waals surface area contributed by atoms with Gasteiger partial charge in [-0.15, -0.1) is 6.58 Å². The van der Waals surface area contributed by atoms with Crippen molar-refractivity contribution in [1.29, 1.82) is 0 Å². The van der Waals surface area contributed by atoms with Crippen LogP contribution in [0, 0.1) is 5.41 Å². The van der Waals surface area contributed by atoms with Crippen LogP contribution in [0.5, 0.6) is 0 Å². The van der Waals surface area contributed by atoms with Crippen molar-refractivity contribution in [2.45, 2.75) is 31.5 Å². The van der Waals surface area contributed by atoms with Crippen molar-refractivity contribution in [3.63, 3.8) is 0 Å². The molecular formula is C23H23N5O4. The Morgan fingerprint density at radius 1 is 1.25 bits per heavy atom. The van der Waals surface area contributed by atoms with E-state index in [0.717, 1.165) is 5.56 Å². The normalized spacial score (nSPS) is 28.0. The van der Waals surface area contributed by atoms with Crippen molar-refractivity contribution < 1.29 is 19.2 Å². The van der Waals surface area contributed by atoms with Crippen molar-refractivity contribution >= 4 is 29.4 Å². The number of hydroxylamine groups is 1. The molecule has 1 aromatic heterocycles. The van der Waals surface area contributed by atoms with E-state index in [-0.39, 0.29) is 12.1 Å². The standard InChI is InChI=1S/C23H23N5O4/c1-5-21(2,3)22-11-18(29)20(31)27-17(10-14-12-24-13-25-14)19(30)26-23(22,27)28(32-4)16-9-7-6-8-15(16)22/h5-10,12-13H,1,11H2,2-4H3,(H,24,25)(H,26,30)/t22-,23-/m0/s1. The van der Waals surface area contributed by atoms with Gasteiger partial charge in [0.15, 0.2) is 0 Å². The predicted octanol–water partition coefficient (Wildman–Crippen LogP) is 1.87. The molecule has 9 heteroatoms. The van der Waals surface area contributed by atoms with Crippen molar-refractivity contribution in [1.82, 2.24) is 20.2 Å². The summed E-state index contributed by atoms with van der Waals surface area (Å²) in [5.74, 6) is -3.37. The van der Waals surface area contributed by atoms with E-state index < -0.39 is 34.2 Å². The third-order valence-corrected chi connectivity index (χ3v) is 7.03. The highest BCUT2D eigenvalue weighted by molar-refractivity contribution is 6.39. The summed E-state index contributed by atoms with van der Waals surface area (Å²) < 4.78 is 0. The van der Waals surface area contributed by atoms with Crippen LogP contribution in [-0.2, 0) is 24.6 Å². The molecule has 5 rings (SSSR count). The highest BCUT2D eigenvalue weighted by atomic mass is 16.7. The van der Waals surface area contributed by atoms with E-state index in [1.165, 1.54) is 35.7 Å². The number of imidazole rings is 1. The molecule has 2 atom stereocenters. The van der Waals surface area contributed by atoms with Gasteiger partial charge >= 0.3 is 0 Å². The van der Waals surface area contributed by atoms with E-state index in [4.69, 9.17) is 4.84 Å². The summed E-state index contributed by atoms with van der Waals surface area (Å²) in [6, 6.07) is 7.48. The fraction of sp³-hybridized carbons (Fsp3) is 0.304. The molecule has 0 aliphatic carbocycles. The molecule has 0 radical (unpaired) electrons. The van der Waals surface area contributed by atoms with Gasteiger partial charge in [-0.05, 0) is 23.1 Å². The molecule has 2 fully saturated rings. The molecule has 3 aliphatic heterocycles. The number of allylic oxidation sites excluding steroid dienone is 1. The summed E-state index contributed by atoms with van der Waals surface area (Å²) >= 11 is 0. The number of nitrogens with one attached hydrogen (secondary N) is 2. The maximum atomic E-state index is 13.4. The molecular weight excluding hydrogens is 410 g/mol. The van der Waals surface area contributed by atoms with Crippen molar-refractivity contribution in [2.75, 3.05) is 12.2 Å². The second-order valence-corrected chi connectivity index (χ2v) is 8.73. The van der Waals surface area contributed by atoms with Gasteiger partial charge in [-0.1, -0.05) is 38.1 Å². The lowest BCUT2D eigenvalue weighted by atomic mass is 9.55. The highest BCUT2D eigenvalue weighted by Crippen LogP contribution is 2.65. The number of hydrogen-bond acceptors (Lipinski definition) is 6. The topological polar surface area (TPSA) is 108 Å². The maximum absolute atomic E-state index is 13.4. The van der Waals surface area contributed by atoms with E-state index in [0.29, 0.717) is 11.4 Å². The van der Waals surface area contributed by atoms with Crippen LogP contribution in [0.15, 0.2) is 55.1 Å². The summed E-state index contributed by atoms with van der Waals surface area (Å²) in [6.45, 7) is 7.92. The van der Waals surface area contributed by atoms with Gasteiger partial charge in [-0.25, -0.2) is 10.0 Å². The number of anilines is 1. The number of Topliss-reactive ketones (excluding diaryl/α,β-unsaturated/α-hetero) is 1. The van der Waals surface area contributed by atoms with E-state index in [9.17, 15) is 14.4 Å². The third kappa shape index (κ3) is 2.11. The number of aromatic amines is 1. The van der Waals surface area contributed by atoms with Crippen LogP contribution in [0.2, 0.25) is 0 Å². The fourth-order valence-electron chi connectivity index (χ4n) is 5.51. The maximum Gasteiger partial charge on any atom is 0.298 e. The van der Waals surface area contributed by atoms with E-state index in [2.05, 4.69) is 21.9 Å². The molecule has 9 nitrogen and oxygen atoms in total. The summed E-state index contributed by atoms with van der Waals surface area (Å²) in [5.41, 5.74) is 0.207. The lowest BCUT2D eigenvalue weighted by molar-refractivity contribution is -0.165. The monoisotopic (exact) mass is 433 g/mol. The van der Waals surface area contributed by atoms with Crippen LogP contribution in [0.1, 0.15) is 31.5 Å². The highest BCUT2D eigenvalue weighted by Gasteiger charge is 2.78. The molecule has 3 aliphatic rings. The number of benzene rings is 1. The number of nitrogens with zero attached hydrogens (tertiary/aromatic N) is 3. The summed E-state index contributed by atoms with van der Waals surface area (Å²) in [4.78, 5) is 54.0. The molecule has 1 spiro atoms. The van der Waals surface area contributed by atoms with Crippen LogP contribution in [-0.4, -0.2) is 45.4 Å². The average Bonchev–Trinajstić information content (AvgIpc) is 3.44. The Bertz CT molecular complexity index is 1200. The van der Waals surface area contributed by atoms with Gasteiger partial charge in [0.2, 0.25) is 11.6 Å². The first kappa shape index (κ1) is 20.2. The minimum atomic E-state index is -1.50. The summed E-state index contributed by atoms with van der Waals surface area (Å²) in [7, 11) is 1.48. The number of amides is 2. The Labute approximate surface area is 184 Å². The smallest absolute Gasteiger partial charge is 0.298 e. The van der Waals surface area contributed by atoms with Crippen LogP contribution in [0.3, 0.4) is 0 Å². The van der Waals surface area contributed by atoms with Crippen LogP contribution in [0.4, 0.5) is 5.69 Å². The van der Waals surface area contributed by atoms with Gasteiger partial charge < -0.3 is 10.3 Å². The molecule has 2 N–H and O–H groups in total. The Morgan fingerprint density at radius 3 is 2.66 bits per heavy atom. The number of carbonyl (C=O) groups excluding carboxylic acids is 3. The molecule has 2 amide bonds. The molecule has 1 aromatic carbocycles. The molecule has 0 bridgehead atoms. The van der Waals surface area contributed by atoms with Crippen LogP contribution in [0.25, 0.3) is 6.08 Å². The number of carbonyl (C=O) groups is 3. The Hall–Kier alpha value is -3.72. The molecule has 4 heterocycles. The fourth-order valence-corrected chi connectivity index (χ4v) is 5.51. The number of aromatic nitrogens is 2. The third-order valence-electron chi connectivity index (χ3n) is 7.03. The largest absolute Gasteiger partial charge is 0.345 e. The lowest BCUT2D eigenvalue weighted by Gasteiger charge is -2.57. The van der Waals surface area contributed by atoms with Gasteiger partial charge in [0, 0.05) is 6.42 Å². The minimum absolute atomic E-state index is 0.0337. The second-order valence-electron chi connectivity index (χ2n) is 8.73. The van der Waals surface area contributed by atoms with Gasteiger partial charge in [-0.3, -0.25) is 24.1 Å². The zero-order valence-corrected chi connectivity index (χ0v) is 18.0. The van der Waals surface area contributed by atoms with Crippen LogP contribution >= 0.6 is 0 Å². The Balaban J connectivity index is 1.89. The molecule has 0 unspecified atom stereocenters. The second kappa shape index (κ2) is 6.39. The van der Waals surface area contributed by atoms with Crippen molar-refractivity contribution in [3.05, 3.63) is 66.4 Å². The number of ketones is 1.